The second-order valence-electron chi connectivity index (χ2n) is 14.1. The molecule has 1 aliphatic rings. The van der Waals surface area contributed by atoms with Crippen molar-refractivity contribution in [1.29, 1.82) is 0 Å². The quantitative estimate of drug-likeness (QED) is 0.175. The number of amides is 4. The van der Waals surface area contributed by atoms with E-state index in [0.717, 1.165) is 61.5 Å². The second-order valence-corrected chi connectivity index (χ2v) is 14.1. The van der Waals surface area contributed by atoms with Crippen LogP contribution in [0.1, 0.15) is 81.1 Å². The molecule has 3 rings (SSSR count). The van der Waals surface area contributed by atoms with Crippen LogP contribution < -0.4 is 31.1 Å². The first-order valence-corrected chi connectivity index (χ1v) is 16.7. The van der Waals surface area contributed by atoms with Gasteiger partial charge >= 0.3 is 12.1 Å². The van der Waals surface area contributed by atoms with Gasteiger partial charge in [0.15, 0.2) is 0 Å². The third-order valence-corrected chi connectivity index (χ3v) is 7.75. The highest BCUT2D eigenvalue weighted by Gasteiger charge is 2.28. The fraction of sp³-hybridized carbons (Fsp3) is 0.611. The van der Waals surface area contributed by atoms with Crippen molar-refractivity contribution in [1.82, 2.24) is 10.6 Å². The van der Waals surface area contributed by atoms with E-state index >= 15 is 0 Å². The topological polar surface area (TPSA) is 88.7 Å². The predicted molar refractivity (Wildman–Crippen MR) is 187 cm³/mol. The maximum absolute atomic E-state index is 13.5. The highest BCUT2D eigenvalue weighted by Crippen LogP contribution is 2.24. The highest BCUT2D eigenvalue weighted by molar-refractivity contribution is 5.93. The van der Waals surface area contributed by atoms with E-state index in [4.69, 9.17) is 0 Å². The third kappa shape index (κ3) is 11.6. The minimum Gasteiger partial charge on any atom is -0.385 e. The Morgan fingerprint density at radius 3 is 1.16 bits per heavy atom. The van der Waals surface area contributed by atoms with Crippen molar-refractivity contribution in [2.24, 2.45) is 23.7 Å². The fourth-order valence-electron chi connectivity index (χ4n) is 5.39. The van der Waals surface area contributed by atoms with E-state index < -0.39 is 0 Å². The minimum atomic E-state index is -0.0523. The first-order valence-electron chi connectivity index (χ1n) is 16.7. The van der Waals surface area contributed by atoms with Gasteiger partial charge in [-0.2, -0.15) is 0 Å². The van der Waals surface area contributed by atoms with Gasteiger partial charge in [-0.25, -0.2) is 9.59 Å². The smallest absolute Gasteiger partial charge is 0.322 e. The lowest BCUT2D eigenvalue weighted by Gasteiger charge is -2.34. The lowest BCUT2D eigenvalue weighted by molar-refractivity contribution is 0.226. The molecule has 1 saturated carbocycles. The van der Waals surface area contributed by atoms with E-state index in [1.54, 1.807) is 0 Å². The summed E-state index contributed by atoms with van der Waals surface area (Å²) in [6, 6.07) is 16.4. The summed E-state index contributed by atoms with van der Waals surface area (Å²) >= 11 is 0. The Hall–Kier alpha value is -3.42. The molecule has 0 atom stereocenters. The molecule has 1 fully saturated rings. The molecule has 8 nitrogen and oxygen atoms in total. The SMILES string of the molecule is CC(C)CNc1ccc(N(CC(C)C)C(=O)N[C@H]2CC[C@H](NC(=O)N(CC(C)C)c3ccc(NCC(C)C)cc3)CC2)cc1. The van der Waals surface area contributed by atoms with Crippen molar-refractivity contribution in [3.63, 3.8) is 0 Å². The van der Waals surface area contributed by atoms with E-state index in [-0.39, 0.29) is 24.1 Å². The molecule has 0 aliphatic heterocycles. The van der Waals surface area contributed by atoms with Gasteiger partial charge in [-0.1, -0.05) is 55.4 Å². The maximum atomic E-state index is 13.5. The summed E-state index contributed by atoms with van der Waals surface area (Å²) in [6.07, 6.45) is 3.35. The van der Waals surface area contributed by atoms with Crippen LogP contribution in [0.5, 0.6) is 0 Å². The van der Waals surface area contributed by atoms with Crippen LogP contribution in [0.2, 0.25) is 0 Å². The summed E-state index contributed by atoms with van der Waals surface area (Å²) in [5, 5.41) is 13.5. The summed E-state index contributed by atoms with van der Waals surface area (Å²) in [6.45, 7) is 20.4. The number of nitrogens with one attached hydrogen (secondary N) is 4. The van der Waals surface area contributed by atoms with Crippen molar-refractivity contribution < 1.29 is 9.59 Å². The first kappa shape index (κ1) is 35.1. The van der Waals surface area contributed by atoms with Crippen LogP contribution in [0.15, 0.2) is 48.5 Å². The zero-order valence-corrected chi connectivity index (χ0v) is 28.5. The summed E-state index contributed by atoms with van der Waals surface area (Å²) in [5.41, 5.74) is 3.94. The van der Waals surface area contributed by atoms with Crippen molar-refractivity contribution in [3.05, 3.63) is 48.5 Å². The van der Waals surface area contributed by atoms with Gasteiger partial charge < -0.3 is 21.3 Å². The average Bonchev–Trinajstić information content (AvgIpc) is 2.98. The lowest BCUT2D eigenvalue weighted by atomic mass is 9.91. The van der Waals surface area contributed by atoms with Gasteiger partial charge in [0, 0.05) is 61.0 Å². The monoisotopic (exact) mass is 606 g/mol. The Morgan fingerprint density at radius 2 is 0.886 bits per heavy atom. The average molecular weight is 607 g/mol. The molecular formula is C36H58N6O2. The number of rotatable bonds is 14. The maximum Gasteiger partial charge on any atom is 0.322 e. The molecule has 0 aromatic heterocycles. The molecular weight excluding hydrogens is 548 g/mol. The first-order chi connectivity index (χ1) is 20.9. The number of urea groups is 2. The van der Waals surface area contributed by atoms with E-state index in [1.807, 2.05) is 58.3 Å². The molecule has 2 aromatic rings. The Balaban J connectivity index is 1.55. The summed E-state index contributed by atoms with van der Waals surface area (Å²) < 4.78 is 0. The van der Waals surface area contributed by atoms with Crippen molar-refractivity contribution in [3.8, 4) is 0 Å². The van der Waals surface area contributed by atoms with E-state index in [1.165, 1.54) is 0 Å². The molecule has 2 aromatic carbocycles. The predicted octanol–water partition coefficient (Wildman–Crippen LogP) is 8.18. The van der Waals surface area contributed by atoms with Gasteiger partial charge in [0.1, 0.15) is 0 Å². The Morgan fingerprint density at radius 1 is 0.568 bits per heavy atom. The largest absolute Gasteiger partial charge is 0.385 e. The summed E-state index contributed by atoms with van der Waals surface area (Å²) in [4.78, 5) is 30.7. The van der Waals surface area contributed by atoms with Gasteiger partial charge in [0.05, 0.1) is 0 Å². The van der Waals surface area contributed by atoms with E-state index in [2.05, 4.69) is 76.7 Å². The van der Waals surface area contributed by atoms with E-state index in [0.29, 0.717) is 36.8 Å². The minimum absolute atomic E-state index is 0.0523. The van der Waals surface area contributed by atoms with Gasteiger partial charge in [0.2, 0.25) is 0 Å². The van der Waals surface area contributed by atoms with E-state index in [9.17, 15) is 9.59 Å². The number of benzene rings is 2. The normalized spacial score (nSPS) is 16.7. The number of anilines is 4. The lowest BCUT2D eigenvalue weighted by Crippen LogP contribution is -2.51. The van der Waals surface area contributed by atoms with Crippen LogP contribution in [0.25, 0.3) is 0 Å². The molecule has 0 radical (unpaired) electrons. The number of hydrogen-bond donors (Lipinski definition) is 4. The molecule has 0 saturated heterocycles. The van der Waals surface area contributed by atoms with Gasteiger partial charge in [-0.3, -0.25) is 9.80 Å². The molecule has 1 aliphatic carbocycles. The molecule has 244 valence electrons. The molecule has 0 spiro atoms. The summed E-state index contributed by atoms with van der Waals surface area (Å²) in [7, 11) is 0. The molecule has 0 unspecified atom stereocenters. The molecule has 4 N–H and O–H groups in total. The van der Waals surface area contributed by atoms with Crippen LogP contribution in [-0.2, 0) is 0 Å². The summed E-state index contributed by atoms with van der Waals surface area (Å²) in [5.74, 6) is 1.81. The molecule has 44 heavy (non-hydrogen) atoms. The van der Waals surface area contributed by atoms with Crippen molar-refractivity contribution >= 4 is 34.8 Å². The Kier molecular flexibility index (Phi) is 13.7. The van der Waals surface area contributed by atoms with Gasteiger partial charge in [-0.15, -0.1) is 0 Å². The Labute approximate surface area is 266 Å². The van der Waals surface area contributed by atoms with Crippen LogP contribution in [0, 0.1) is 23.7 Å². The van der Waals surface area contributed by atoms with Crippen molar-refractivity contribution in [2.45, 2.75) is 93.2 Å². The van der Waals surface area contributed by atoms with Gasteiger partial charge in [0.25, 0.3) is 0 Å². The van der Waals surface area contributed by atoms with Crippen LogP contribution in [0.3, 0.4) is 0 Å². The van der Waals surface area contributed by atoms with Crippen LogP contribution in [0.4, 0.5) is 32.3 Å². The molecule has 4 amide bonds. The molecule has 0 heterocycles. The molecule has 8 heteroatoms. The number of carbonyl (C=O) groups excluding carboxylic acids is 2. The van der Waals surface area contributed by atoms with Crippen LogP contribution >= 0.6 is 0 Å². The zero-order valence-electron chi connectivity index (χ0n) is 28.5. The van der Waals surface area contributed by atoms with Gasteiger partial charge in [-0.05, 0) is 97.9 Å². The fourth-order valence-corrected chi connectivity index (χ4v) is 5.39. The number of carbonyl (C=O) groups is 2. The highest BCUT2D eigenvalue weighted by atomic mass is 16.2. The zero-order chi connectivity index (χ0) is 32.2. The van der Waals surface area contributed by atoms with Crippen molar-refractivity contribution in [2.75, 3.05) is 46.6 Å². The second kappa shape index (κ2) is 17.2. The molecule has 0 bridgehead atoms. The standard InChI is InChI=1S/C36H58N6O2/c1-25(2)21-37-29-13-17-33(18-14-29)41(23-27(5)6)35(43)39-31-9-11-32(12-10-31)40-36(44)42(24-28(7)8)34-19-15-30(16-20-34)38-22-26(3)4/h13-20,25-28,31-32,37-38H,9-12,21-24H2,1-8H3,(H,39,43)(H,40,44)/t31-,32-. The van der Waals surface area contributed by atoms with Crippen LogP contribution in [-0.4, -0.2) is 50.3 Å². The number of nitrogens with zero attached hydrogens (tertiary/aromatic N) is 2. The third-order valence-electron chi connectivity index (χ3n) is 7.75. The number of hydrogen-bond acceptors (Lipinski definition) is 4. The Bertz CT molecular complexity index is 1050.